The Bertz CT molecular complexity index is 794. The maximum absolute atomic E-state index is 12.1. The van der Waals surface area contributed by atoms with Gasteiger partial charge in [0.2, 0.25) is 0 Å². The van der Waals surface area contributed by atoms with E-state index in [0.29, 0.717) is 0 Å². The van der Waals surface area contributed by atoms with Gasteiger partial charge in [-0.05, 0) is 94.9 Å². The second-order valence-corrected chi connectivity index (χ2v) is 7.73. The molecular weight excluding hydrogens is 341 g/mol. The number of nitrogens with one attached hydrogen (secondary N) is 1. The predicted octanol–water partition coefficient (Wildman–Crippen LogP) is 4.14. The Labute approximate surface area is 161 Å². The lowest BCUT2D eigenvalue weighted by atomic mass is 9.92. The molecule has 1 aliphatic rings. The second kappa shape index (κ2) is 9.70. The number of anilines is 1. The van der Waals surface area contributed by atoms with Crippen LogP contribution < -0.4 is 10.9 Å². The zero-order chi connectivity index (χ0) is 18.5. The standard InChI is InChI=1S/C22H31N3O.FH/c1-17-6-9-22(26)25(16-17)21-8-7-20(15-18(21)2)23-12-4-5-19-10-13-24(3)14-11-19;/h6-9,15-16,19,23H,4-5,10-14H2,1-3H3;1H. The number of nitrogens with zero attached hydrogens (tertiary/aromatic N) is 2. The van der Waals surface area contributed by atoms with Crippen LogP contribution in [0.1, 0.15) is 36.8 Å². The van der Waals surface area contributed by atoms with E-state index in [1.165, 1.54) is 38.8 Å². The van der Waals surface area contributed by atoms with Crippen molar-refractivity contribution in [3.63, 3.8) is 0 Å². The molecule has 5 heteroatoms. The Morgan fingerprint density at radius 3 is 2.56 bits per heavy atom. The fraction of sp³-hybridized carbons (Fsp3) is 0.500. The predicted molar refractivity (Wildman–Crippen MR) is 112 cm³/mol. The number of halogens is 1. The molecule has 27 heavy (non-hydrogen) atoms. The van der Waals surface area contributed by atoms with E-state index in [2.05, 4.69) is 36.3 Å². The maximum Gasteiger partial charge on any atom is 0.255 e. The van der Waals surface area contributed by atoms with Crippen molar-refractivity contribution in [2.24, 2.45) is 5.92 Å². The van der Waals surface area contributed by atoms with Gasteiger partial charge in [-0.3, -0.25) is 14.1 Å². The highest BCUT2D eigenvalue weighted by atomic mass is 19.0. The Morgan fingerprint density at radius 1 is 1.11 bits per heavy atom. The fourth-order valence-electron chi connectivity index (χ4n) is 3.79. The van der Waals surface area contributed by atoms with Gasteiger partial charge >= 0.3 is 0 Å². The molecule has 1 N–H and O–H groups in total. The first-order chi connectivity index (χ1) is 12.5. The summed E-state index contributed by atoms with van der Waals surface area (Å²) in [5, 5.41) is 3.54. The first-order valence-corrected chi connectivity index (χ1v) is 9.75. The molecule has 1 aromatic carbocycles. The van der Waals surface area contributed by atoms with Crippen LogP contribution in [0, 0.1) is 19.8 Å². The quantitative estimate of drug-likeness (QED) is 0.773. The highest BCUT2D eigenvalue weighted by Crippen LogP contribution is 2.22. The van der Waals surface area contributed by atoms with E-state index in [9.17, 15) is 4.79 Å². The highest BCUT2D eigenvalue weighted by Gasteiger charge is 2.15. The van der Waals surface area contributed by atoms with E-state index in [4.69, 9.17) is 0 Å². The van der Waals surface area contributed by atoms with Gasteiger partial charge < -0.3 is 10.2 Å². The Morgan fingerprint density at radius 2 is 1.85 bits per heavy atom. The van der Waals surface area contributed by atoms with Gasteiger partial charge in [0.25, 0.3) is 5.56 Å². The van der Waals surface area contributed by atoms with Gasteiger partial charge in [0, 0.05) is 24.5 Å². The lowest BCUT2D eigenvalue weighted by Crippen LogP contribution is -2.30. The van der Waals surface area contributed by atoms with Gasteiger partial charge in [0.15, 0.2) is 0 Å². The summed E-state index contributed by atoms with van der Waals surface area (Å²) in [6.45, 7) is 7.57. The van der Waals surface area contributed by atoms with Crippen LogP contribution in [0.2, 0.25) is 0 Å². The van der Waals surface area contributed by atoms with Crippen molar-refractivity contribution in [2.45, 2.75) is 39.5 Å². The summed E-state index contributed by atoms with van der Waals surface area (Å²) < 4.78 is 1.73. The first kappa shape index (κ1) is 21.2. The summed E-state index contributed by atoms with van der Waals surface area (Å²) in [4.78, 5) is 14.6. The third-order valence-corrected chi connectivity index (χ3v) is 5.47. The van der Waals surface area contributed by atoms with E-state index in [1.54, 1.807) is 10.6 Å². The smallest absolute Gasteiger partial charge is 0.255 e. The van der Waals surface area contributed by atoms with E-state index >= 15 is 0 Å². The van der Waals surface area contributed by atoms with Crippen molar-refractivity contribution in [3.8, 4) is 5.69 Å². The number of hydrogen-bond donors (Lipinski definition) is 1. The minimum Gasteiger partial charge on any atom is -0.385 e. The third kappa shape index (κ3) is 5.67. The summed E-state index contributed by atoms with van der Waals surface area (Å²) >= 11 is 0. The summed E-state index contributed by atoms with van der Waals surface area (Å²) in [5.41, 5.74) is 4.29. The Kier molecular flexibility index (Phi) is 7.60. The van der Waals surface area contributed by atoms with Crippen molar-refractivity contribution in [3.05, 3.63) is 58.0 Å². The molecule has 2 aromatic rings. The summed E-state index contributed by atoms with van der Waals surface area (Å²) in [7, 11) is 2.22. The minimum absolute atomic E-state index is 0. The van der Waals surface area contributed by atoms with Crippen LogP contribution in [0.25, 0.3) is 5.69 Å². The van der Waals surface area contributed by atoms with Gasteiger partial charge in [0.05, 0.1) is 5.69 Å². The van der Waals surface area contributed by atoms with Crippen LogP contribution >= 0.6 is 0 Å². The third-order valence-electron chi connectivity index (χ3n) is 5.47. The van der Waals surface area contributed by atoms with Gasteiger partial charge in [-0.2, -0.15) is 0 Å². The first-order valence-electron chi connectivity index (χ1n) is 9.75. The van der Waals surface area contributed by atoms with Crippen LogP contribution in [-0.2, 0) is 0 Å². The summed E-state index contributed by atoms with van der Waals surface area (Å²) in [6, 6.07) is 9.74. The van der Waals surface area contributed by atoms with Gasteiger partial charge in [-0.25, -0.2) is 0 Å². The van der Waals surface area contributed by atoms with Gasteiger partial charge in [-0.15, -0.1) is 0 Å². The van der Waals surface area contributed by atoms with Gasteiger partial charge in [0.1, 0.15) is 0 Å². The number of benzene rings is 1. The van der Waals surface area contributed by atoms with E-state index < -0.39 is 0 Å². The summed E-state index contributed by atoms with van der Waals surface area (Å²) in [5.74, 6) is 0.894. The average Bonchev–Trinajstić information content (AvgIpc) is 2.63. The van der Waals surface area contributed by atoms with Crippen molar-refractivity contribution in [1.82, 2.24) is 9.47 Å². The highest BCUT2D eigenvalue weighted by molar-refractivity contribution is 5.53. The Balaban J connectivity index is 0.00000261. The SMILES string of the molecule is Cc1ccc(=O)n(-c2ccc(NCCCC3CCN(C)CC3)cc2C)c1.F. The van der Waals surface area contributed by atoms with E-state index in [1.807, 2.05) is 25.3 Å². The van der Waals surface area contributed by atoms with Gasteiger partial charge in [-0.1, -0.05) is 6.07 Å². The van der Waals surface area contributed by atoms with Crippen LogP contribution in [-0.4, -0.2) is 36.1 Å². The molecule has 0 amide bonds. The molecule has 1 saturated heterocycles. The molecule has 0 spiro atoms. The molecule has 1 aromatic heterocycles. The molecule has 2 heterocycles. The summed E-state index contributed by atoms with van der Waals surface area (Å²) in [6.07, 6.45) is 7.12. The van der Waals surface area contributed by atoms with Crippen LogP contribution in [0.15, 0.2) is 41.3 Å². The topological polar surface area (TPSA) is 37.3 Å². The molecule has 0 atom stereocenters. The molecule has 0 aliphatic carbocycles. The zero-order valence-corrected chi connectivity index (χ0v) is 16.7. The molecule has 4 nitrogen and oxygen atoms in total. The molecule has 1 aliphatic heterocycles. The molecular formula is C22H32FN3O. The molecule has 3 rings (SSSR count). The number of pyridine rings is 1. The van der Waals surface area contributed by atoms with Crippen molar-refractivity contribution >= 4 is 5.69 Å². The number of rotatable bonds is 6. The van der Waals surface area contributed by atoms with E-state index in [0.717, 1.165) is 35.0 Å². The normalized spacial score (nSPS) is 15.4. The number of likely N-dealkylation sites (tertiary alicyclic amines) is 1. The lowest BCUT2D eigenvalue weighted by Gasteiger charge is -2.28. The molecule has 148 valence electrons. The lowest BCUT2D eigenvalue weighted by molar-refractivity contribution is 0.211. The monoisotopic (exact) mass is 373 g/mol. The minimum atomic E-state index is 0. The van der Waals surface area contributed by atoms with E-state index in [-0.39, 0.29) is 10.3 Å². The molecule has 0 radical (unpaired) electrons. The largest absolute Gasteiger partial charge is 0.385 e. The fourth-order valence-corrected chi connectivity index (χ4v) is 3.79. The molecule has 0 bridgehead atoms. The van der Waals surface area contributed by atoms with Crippen LogP contribution in [0.3, 0.4) is 0 Å². The van der Waals surface area contributed by atoms with Crippen molar-refractivity contribution < 1.29 is 4.70 Å². The number of piperidine rings is 1. The number of hydrogen-bond acceptors (Lipinski definition) is 3. The molecule has 0 unspecified atom stereocenters. The van der Waals surface area contributed by atoms with Crippen LogP contribution in [0.4, 0.5) is 10.4 Å². The number of aromatic nitrogens is 1. The second-order valence-electron chi connectivity index (χ2n) is 7.73. The van der Waals surface area contributed by atoms with Crippen molar-refractivity contribution in [1.29, 1.82) is 0 Å². The zero-order valence-electron chi connectivity index (χ0n) is 16.7. The molecule has 1 fully saturated rings. The molecule has 0 saturated carbocycles. The van der Waals surface area contributed by atoms with Crippen molar-refractivity contribution in [2.75, 3.05) is 32.0 Å². The average molecular weight is 374 g/mol. The number of aryl methyl sites for hydroxylation is 2. The Hall–Kier alpha value is -2.14. The van der Waals surface area contributed by atoms with Crippen LogP contribution in [0.5, 0.6) is 0 Å². The maximum atomic E-state index is 12.1.